The Bertz CT molecular complexity index is 852. The maximum atomic E-state index is 11.8. The molecule has 0 unspecified atom stereocenters. The molecule has 0 amide bonds. The highest BCUT2D eigenvalue weighted by Crippen LogP contribution is 2.32. The standard InChI is InChI=1S/C25H41NO9S/c1-20(35-36(4,28)29)25(33-19-32-16-15-30-2)23-17-22(13-9-6-10-14-24(27)31-3)26(34-23)18-21-11-7-5-8-12-21/h5,7-8,11-12,20,22-23,25H,6,9-10,13-19H2,1-4H3/t20-,22-,23-,25-/m1/s1. The topological polar surface area (TPSA) is 110 Å². The number of carbonyl (C=O) groups is 1. The second-order valence-corrected chi connectivity index (χ2v) is 10.5. The summed E-state index contributed by atoms with van der Waals surface area (Å²) in [5.41, 5.74) is 1.11. The third kappa shape index (κ3) is 11.6. The zero-order valence-corrected chi connectivity index (χ0v) is 22.6. The summed E-state index contributed by atoms with van der Waals surface area (Å²) in [5, 5.41) is 1.95. The maximum absolute atomic E-state index is 11.8. The lowest BCUT2D eigenvalue weighted by Gasteiger charge is -2.28. The zero-order valence-electron chi connectivity index (χ0n) is 21.8. The Hall–Kier alpha value is -1.60. The summed E-state index contributed by atoms with van der Waals surface area (Å²) in [6, 6.07) is 10.1. The highest BCUT2D eigenvalue weighted by molar-refractivity contribution is 7.86. The largest absolute Gasteiger partial charge is 0.469 e. The Balaban J connectivity index is 2.07. The summed E-state index contributed by atoms with van der Waals surface area (Å²) >= 11 is 0. The van der Waals surface area contributed by atoms with Crippen LogP contribution in [0.2, 0.25) is 0 Å². The molecule has 206 valence electrons. The lowest BCUT2D eigenvalue weighted by molar-refractivity contribution is -0.223. The Labute approximate surface area is 215 Å². The summed E-state index contributed by atoms with van der Waals surface area (Å²) in [6.45, 7) is 2.98. The van der Waals surface area contributed by atoms with Crippen molar-refractivity contribution in [3.63, 3.8) is 0 Å². The van der Waals surface area contributed by atoms with Gasteiger partial charge in [-0.2, -0.15) is 13.5 Å². The van der Waals surface area contributed by atoms with E-state index in [9.17, 15) is 13.2 Å². The van der Waals surface area contributed by atoms with Gasteiger partial charge in [0.25, 0.3) is 10.1 Å². The van der Waals surface area contributed by atoms with E-state index < -0.39 is 28.4 Å². The van der Waals surface area contributed by atoms with E-state index in [4.69, 9.17) is 28.0 Å². The predicted molar refractivity (Wildman–Crippen MR) is 133 cm³/mol. The van der Waals surface area contributed by atoms with Crippen LogP contribution in [0.1, 0.15) is 51.0 Å². The molecule has 4 atom stereocenters. The Kier molecular flexibility index (Phi) is 13.9. The molecule has 0 saturated carbocycles. The van der Waals surface area contributed by atoms with Crippen molar-refractivity contribution in [3.8, 4) is 0 Å². The second kappa shape index (κ2) is 16.3. The number of carbonyl (C=O) groups excluding carboxylic acids is 1. The minimum Gasteiger partial charge on any atom is -0.469 e. The number of methoxy groups -OCH3 is 2. The molecular weight excluding hydrogens is 490 g/mol. The molecule has 0 bridgehead atoms. The molecule has 1 aliphatic heterocycles. The summed E-state index contributed by atoms with van der Waals surface area (Å²) in [5.74, 6) is -0.197. The van der Waals surface area contributed by atoms with Crippen LogP contribution in [0.15, 0.2) is 30.3 Å². The normalized spacial score (nSPS) is 20.3. The number of rotatable bonds is 18. The van der Waals surface area contributed by atoms with Crippen LogP contribution >= 0.6 is 0 Å². The second-order valence-electron chi connectivity index (χ2n) is 8.93. The van der Waals surface area contributed by atoms with Crippen molar-refractivity contribution in [1.29, 1.82) is 0 Å². The first-order valence-electron chi connectivity index (χ1n) is 12.3. The van der Waals surface area contributed by atoms with Gasteiger partial charge in [-0.15, -0.1) is 0 Å². The Morgan fingerprint density at radius 1 is 1.14 bits per heavy atom. The molecule has 1 aromatic carbocycles. The molecule has 0 radical (unpaired) electrons. The van der Waals surface area contributed by atoms with Gasteiger partial charge >= 0.3 is 5.97 Å². The summed E-state index contributed by atoms with van der Waals surface area (Å²) in [7, 11) is -0.710. The van der Waals surface area contributed by atoms with Crippen molar-refractivity contribution in [2.24, 2.45) is 0 Å². The molecule has 1 saturated heterocycles. The molecule has 11 heteroatoms. The number of hydrogen-bond donors (Lipinski definition) is 0. The minimum atomic E-state index is -3.69. The first-order valence-corrected chi connectivity index (χ1v) is 14.2. The van der Waals surface area contributed by atoms with Gasteiger partial charge in [-0.05, 0) is 31.7 Å². The van der Waals surface area contributed by atoms with E-state index in [-0.39, 0.29) is 18.8 Å². The average Bonchev–Trinajstić information content (AvgIpc) is 3.22. The summed E-state index contributed by atoms with van der Waals surface area (Å²) < 4.78 is 50.0. The molecule has 10 nitrogen and oxygen atoms in total. The van der Waals surface area contributed by atoms with Gasteiger partial charge in [0, 0.05) is 26.1 Å². The van der Waals surface area contributed by atoms with E-state index in [0.717, 1.165) is 37.5 Å². The first kappa shape index (κ1) is 30.6. The fraction of sp³-hybridized carbons (Fsp3) is 0.720. The van der Waals surface area contributed by atoms with E-state index in [1.54, 1.807) is 14.0 Å². The van der Waals surface area contributed by atoms with Crippen molar-refractivity contribution < 1.29 is 41.2 Å². The molecule has 1 fully saturated rings. The number of benzene rings is 1. The van der Waals surface area contributed by atoms with Gasteiger partial charge in [0.15, 0.2) is 0 Å². The third-order valence-corrected chi connectivity index (χ3v) is 6.59. The van der Waals surface area contributed by atoms with Crippen LogP contribution in [-0.4, -0.2) is 84.3 Å². The van der Waals surface area contributed by atoms with E-state index in [1.165, 1.54) is 7.11 Å². The Morgan fingerprint density at radius 3 is 2.56 bits per heavy atom. The van der Waals surface area contributed by atoms with Crippen LogP contribution in [-0.2, 0) is 49.4 Å². The maximum Gasteiger partial charge on any atom is 0.305 e. The molecule has 1 aliphatic rings. The molecule has 0 aromatic heterocycles. The predicted octanol–water partition coefficient (Wildman–Crippen LogP) is 3.06. The van der Waals surface area contributed by atoms with Gasteiger partial charge in [-0.25, -0.2) is 0 Å². The molecule has 2 rings (SSSR count). The lowest BCUT2D eigenvalue weighted by atomic mass is 9.98. The molecular formula is C25H41NO9S. The third-order valence-electron chi connectivity index (χ3n) is 5.94. The number of esters is 1. The zero-order chi connectivity index (χ0) is 26.4. The van der Waals surface area contributed by atoms with Crippen LogP contribution in [0.5, 0.6) is 0 Å². The lowest BCUT2D eigenvalue weighted by Crippen LogP contribution is -2.41. The van der Waals surface area contributed by atoms with Gasteiger partial charge in [0.2, 0.25) is 0 Å². The van der Waals surface area contributed by atoms with Crippen LogP contribution in [0.4, 0.5) is 0 Å². The van der Waals surface area contributed by atoms with Crippen LogP contribution < -0.4 is 0 Å². The van der Waals surface area contributed by atoms with Crippen molar-refractivity contribution in [2.45, 2.75) is 76.3 Å². The number of ether oxygens (including phenoxy) is 4. The monoisotopic (exact) mass is 531 g/mol. The van der Waals surface area contributed by atoms with Gasteiger partial charge in [-0.1, -0.05) is 43.2 Å². The molecule has 0 spiro atoms. The molecule has 0 N–H and O–H groups in total. The van der Waals surface area contributed by atoms with Crippen LogP contribution in [0.25, 0.3) is 0 Å². The first-order chi connectivity index (χ1) is 17.2. The number of hydroxylamine groups is 2. The van der Waals surface area contributed by atoms with E-state index >= 15 is 0 Å². The van der Waals surface area contributed by atoms with Gasteiger partial charge in [0.1, 0.15) is 25.1 Å². The van der Waals surface area contributed by atoms with Gasteiger partial charge in [0.05, 0.1) is 26.6 Å². The summed E-state index contributed by atoms with van der Waals surface area (Å²) in [4.78, 5) is 17.7. The van der Waals surface area contributed by atoms with Crippen molar-refractivity contribution in [2.75, 3.05) is 40.5 Å². The number of unbranched alkanes of at least 4 members (excludes halogenated alkanes) is 2. The minimum absolute atomic E-state index is 0.0395. The van der Waals surface area contributed by atoms with Crippen molar-refractivity contribution in [1.82, 2.24) is 5.06 Å². The highest BCUT2D eigenvalue weighted by atomic mass is 32.2. The van der Waals surface area contributed by atoms with Crippen molar-refractivity contribution in [3.05, 3.63) is 35.9 Å². The quantitative estimate of drug-likeness (QED) is 0.121. The summed E-state index contributed by atoms with van der Waals surface area (Å²) in [6.07, 6.45) is 3.67. The van der Waals surface area contributed by atoms with Gasteiger partial charge < -0.3 is 18.9 Å². The fourth-order valence-electron chi connectivity index (χ4n) is 4.21. The van der Waals surface area contributed by atoms with Crippen LogP contribution in [0.3, 0.4) is 0 Å². The Morgan fingerprint density at radius 2 is 1.89 bits per heavy atom. The fourth-order valence-corrected chi connectivity index (χ4v) is 4.87. The number of hydrogen-bond acceptors (Lipinski definition) is 10. The van der Waals surface area contributed by atoms with Gasteiger partial charge in [-0.3, -0.25) is 13.8 Å². The smallest absolute Gasteiger partial charge is 0.305 e. The highest BCUT2D eigenvalue weighted by Gasteiger charge is 2.41. The molecule has 0 aliphatic carbocycles. The molecule has 1 aromatic rings. The van der Waals surface area contributed by atoms with E-state index in [0.29, 0.717) is 32.6 Å². The number of nitrogens with zero attached hydrogens (tertiary/aromatic N) is 1. The molecule has 36 heavy (non-hydrogen) atoms. The van der Waals surface area contributed by atoms with E-state index in [2.05, 4.69) is 0 Å². The average molecular weight is 532 g/mol. The SMILES string of the molecule is COCCOCO[C@H]([C@@H](C)OS(C)(=O)=O)[C@H]1C[C@@H](CCCCCC(=O)OC)N(Cc2ccccc2)O1. The molecule has 1 heterocycles. The van der Waals surface area contributed by atoms with E-state index in [1.807, 2.05) is 35.4 Å². The van der Waals surface area contributed by atoms with Crippen LogP contribution in [0, 0.1) is 0 Å². The van der Waals surface area contributed by atoms with Crippen molar-refractivity contribution >= 4 is 16.1 Å².